The summed E-state index contributed by atoms with van der Waals surface area (Å²) < 4.78 is 10.3. The molecule has 0 atom stereocenters. The summed E-state index contributed by atoms with van der Waals surface area (Å²) in [6.07, 6.45) is 0.364. The summed E-state index contributed by atoms with van der Waals surface area (Å²) in [7, 11) is 1.59. The second kappa shape index (κ2) is 6.95. The largest absolute Gasteiger partial charge is 0.497 e. The van der Waals surface area contributed by atoms with Gasteiger partial charge in [-0.1, -0.05) is 17.8 Å². The van der Waals surface area contributed by atoms with Crippen molar-refractivity contribution in [3.8, 4) is 5.75 Å². The molecule has 0 saturated carbocycles. The zero-order valence-corrected chi connectivity index (χ0v) is 12.1. The molecule has 1 amide bonds. The van der Waals surface area contributed by atoms with Gasteiger partial charge in [-0.2, -0.15) is 0 Å². The summed E-state index contributed by atoms with van der Waals surface area (Å²) in [5.41, 5.74) is 0.716. The fourth-order valence-electron chi connectivity index (χ4n) is 1.49. The molecular formula is C13H15N3O3S. The molecule has 0 bridgehead atoms. The maximum absolute atomic E-state index is 11.8. The lowest BCUT2D eigenvalue weighted by Crippen LogP contribution is -2.12. The number of carbonyl (C=O) groups excluding carboxylic acids is 1. The van der Waals surface area contributed by atoms with Crippen molar-refractivity contribution in [3.05, 3.63) is 30.2 Å². The van der Waals surface area contributed by atoms with Crippen LogP contribution in [-0.4, -0.2) is 29.0 Å². The first-order chi connectivity index (χ1) is 9.67. The fraction of sp³-hybridized carbons (Fsp3) is 0.308. The number of amides is 1. The number of ether oxygens (including phenoxy) is 1. The number of methoxy groups -OCH3 is 1. The number of anilines is 1. The number of aryl methyl sites for hydroxylation is 1. The number of nitrogens with one attached hydrogen (secondary N) is 1. The van der Waals surface area contributed by atoms with Crippen LogP contribution in [0.2, 0.25) is 0 Å². The van der Waals surface area contributed by atoms with Gasteiger partial charge in [-0.3, -0.25) is 4.79 Å². The molecule has 0 aliphatic carbocycles. The predicted molar refractivity (Wildman–Crippen MR) is 76.0 cm³/mol. The van der Waals surface area contributed by atoms with Crippen molar-refractivity contribution in [2.45, 2.75) is 18.6 Å². The summed E-state index contributed by atoms with van der Waals surface area (Å²) in [5.74, 6) is 1.74. The molecule has 0 spiro atoms. The SMILES string of the molecule is COc1cccc(NC(=O)CCSc2nnc(C)o2)c1. The van der Waals surface area contributed by atoms with E-state index in [1.54, 1.807) is 20.1 Å². The van der Waals surface area contributed by atoms with Crippen molar-refractivity contribution in [2.75, 3.05) is 18.2 Å². The van der Waals surface area contributed by atoms with Crippen molar-refractivity contribution < 1.29 is 13.9 Å². The van der Waals surface area contributed by atoms with Gasteiger partial charge in [-0.05, 0) is 12.1 Å². The van der Waals surface area contributed by atoms with E-state index in [9.17, 15) is 4.79 Å². The summed E-state index contributed by atoms with van der Waals surface area (Å²) >= 11 is 1.36. The van der Waals surface area contributed by atoms with Crippen LogP contribution in [0.3, 0.4) is 0 Å². The smallest absolute Gasteiger partial charge is 0.276 e. The van der Waals surface area contributed by atoms with Gasteiger partial charge < -0.3 is 14.5 Å². The molecule has 2 aromatic rings. The molecule has 106 valence electrons. The van der Waals surface area contributed by atoms with E-state index >= 15 is 0 Å². The van der Waals surface area contributed by atoms with Crippen LogP contribution in [0.15, 0.2) is 33.9 Å². The maximum atomic E-state index is 11.8. The molecule has 6 nitrogen and oxygen atoms in total. The van der Waals surface area contributed by atoms with Crippen LogP contribution >= 0.6 is 11.8 Å². The van der Waals surface area contributed by atoms with Crippen molar-refractivity contribution >= 4 is 23.4 Å². The number of carbonyl (C=O) groups is 1. The molecule has 1 aromatic carbocycles. The highest BCUT2D eigenvalue weighted by atomic mass is 32.2. The Balaban J connectivity index is 1.77. The van der Waals surface area contributed by atoms with Crippen LogP contribution in [-0.2, 0) is 4.79 Å². The van der Waals surface area contributed by atoms with Crippen LogP contribution < -0.4 is 10.1 Å². The minimum Gasteiger partial charge on any atom is -0.497 e. The van der Waals surface area contributed by atoms with Gasteiger partial charge in [-0.25, -0.2) is 0 Å². The second-order valence-corrected chi connectivity index (χ2v) is 5.01. The average molecular weight is 293 g/mol. The van der Waals surface area contributed by atoms with Gasteiger partial charge in [0.2, 0.25) is 11.8 Å². The lowest BCUT2D eigenvalue weighted by atomic mass is 10.3. The molecule has 0 aliphatic heterocycles. The molecule has 1 heterocycles. The molecule has 0 saturated heterocycles. The van der Waals surface area contributed by atoms with Gasteiger partial charge in [0, 0.05) is 30.9 Å². The monoisotopic (exact) mass is 293 g/mol. The van der Waals surface area contributed by atoms with E-state index in [2.05, 4.69) is 15.5 Å². The quantitative estimate of drug-likeness (QED) is 0.825. The zero-order valence-electron chi connectivity index (χ0n) is 11.3. The summed E-state index contributed by atoms with van der Waals surface area (Å²) in [6.45, 7) is 1.73. The Morgan fingerprint density at radius 2 is 2.30 bits per heavy atom. The summed E-state index contributed by atoms with van der Waals surface area (Å²) in [5, 5.41) is 10.9. The van der Waals surface area contributed by atoms with E-state index in [1.165, 1.54) is 11.8 Å². The third-order valence-corrected chi connectivity index (χ3v) is 3.24. The number of hydrogen-bond donors (Lipinski definition) is 1. The van der Waals surface area contributed by atoms with Crippen molar-refractivity contribution in [2.24, 2.45) is 0 Å². The Hall–Kier alpha value is -2.02. The van der Waals surface area contributed by atoms with E-state index in [0.717, 1.165) is 0 Å². The number of rotatable bonds is 6. The van der Waals surface area contributed by atoms with Gasteiger partial charge in [0.15, 0.2) is 0 Å². The average Bonchev–Trinajstić information content (AvgIpc) is 2.84. The molecule has 0 aliphatic rings. The topological polar surface area (TPSA) is 77.2 Å². The van der Waals surface area contributed by atoms with Gasteiger partial charge in [-0.15, -0.1) is 10.2 Å². The third kappa shape index (κ3) is 4.27. The first-order valence-corrected chi connectivity index (χ1v) is 7.03. The minimum absolute atomic E-state index is 0.0676. The van der Waals surface area contributed by atoms with Gasteiger partial charge >= 0.3 is 0 Å². The third-order valence-electron chi connectivity index (χ3n) is 2.42. The number of nitrogens with zero attached hydrogens (tertiary/aromatic N) is 2. The second-order valence-electron chi connectivity index (χ2n) is 3.97. The van der Waals surface area contributed by atoms with Crippen molar-refractivity contribution in [1.82, 2.24) is 10.2 Å². The molecule has 0 unspecified atom stereocenters. The van der Waals surface area contributed by atoms with Crippen molar-refractivity contribution in [1.29, 1.82) is 0 Å². The molecule has 0 fully saturated rings. The highest BCUT2D eigenvalue weighted by molar-refractivity contribution is 7.99. The molecule has 2 rings (SSSR count). The van der Waals surface area contributed by atoms with Gasteiger partial charge in [0.25, 0.3) is 5.22 Å². The predicted octanol–water partition coefficient (Wildman–Crippen LogP) is 2.51. The molecule has 7 heteroatoms. The van der Waals surface area contributed by atoms with Gasteiger partial charge in [0.1, 0.15) is 5.75 Å². The molecule has 1 aromatic heterocycles. The van der Waals surface area contributed by atoms with E-state index in [0.29, 0.717) is 34.7 Å². The Morgan fingerprint density at radius 1 is 1.45 bits per heavy atom. The van der Waals surface area contributed by atoms with Crippen LogP contribution in [0, 0.1) is 6.92 Å². The van der Waals surface area contributed by atoms with E-state index < -0.39 is 0 Å². The Morgan fingerprint density at radius 3 is 3.00 bits per heavy atom. The van der Waals surface area contributed by atoms with Crippen LogP contribution in [0.5, 0.6) is 5.75 Å². The number of benzene rings is 1. The molecule has 20 heavy (non-hydrogen) atoms. The highest BCUT2D eigenvalue weighted by Gasteiger charge is 2.07. The van der Waals surface area contributed by atoms with Crippen LogP contribution in [0.25, 0.3) is 0 Å². The Labute approximate surface area is 120 Å². The number of aromatic nitrogens is 2. The standard InChI is InChI=1S/C13H15N3O3S/c1-9-15-16-13(19-9)20-7-6-12(17)14-10-4-3-5-11(8-10)18-2/h3-5,8H,6-7H2,1-2H3,(H,14,17). The van der Waals surface area contributed by atoms with Crippen molar-refractivity contribution in [3.63, 3.8) is 0 Å². The molecule has 0 radical (unpaired) electrons. The molecule has 1 N–H and O–H groups in total. The highest BCUT2D eigenvalue weighted by Crippen LogP contribution is 2.19. The molecular weight excluding hydrogens is 278 g/mol. The van der Waals surface area contributed by atoms with Gasteiger partial charge in [0.05, 0.1) is 7.11 Å². The first kappa shape index (κ1) is 14.4. The lowest BCUT2D eigenvalue weighted by Gasteiger charge is -2.06. The summed E-state index contributed by atoms with van der Waals surface area (Å²) in [4.78, 5) is 11.8. The first-order valence-electron chi connectivity index (χ1n) is 6.04. The van der Waals surface area contributed by atoms with E-state index in [-0.39, 0.29) is 5.91 Å². The lowest BCUT2D eigenvalue weighted by molar-refractivity contribution is -0.115. The minimum atomic E-state index is -0.0676. The maximum Gasteiger partial charge on any atom is 0.276 e. The Bertz CT molecular complexity index is 586. The van der Waals surface area contributed by atoms with E-state index in [4.69, 9.17) is 9.15 Å². The van der Waals surface area contributed by atoms with Crippen LogP contribution in [0.1, 0.15) is 12.3 Å². The van der Waals surface area contributed by atoms with E-state index in [1.807, 2.05) is 18.2 Å². The summed E-state index contributed by atoms with van der Waals surface area (Å²) in [6, 6.07) is 7.23. The Kier molecular flexibility index (Phi) is 5.00. The number of thioether (sulfide) groups is 1. The van der Waals surface area contributed by atoms with Crippen LogP contribution in [0.4, 0.5) is 5.69 Å². The fourth-order valence-corrected chi connectivity index (χ4v) is 2.23. The zero-order chi connectivity index (χ0) is 14.4. The normalized spacial score (nSPS) is 10.3. The number of hydrogen-bond acceptors (Lipinski definition) is 6.